The summed E-state index contributed by atoms with van der Waals surface area (Å²) in [5.74, 6) is 0. The van der Waals surface area contributed by atoms with Gasteiger partial charge in [0.15, 0.2) is 9.84 Å². The van der Waals surface area contributed by atoms with Crippen molar-refractivity contribution >= 4 is 27.8 Å². The first kappa shape index (κ1) is 12.6. The highest BCUT2D eigenvalue weighted by Gasteiger charge is 2.20. The molecule has 0 atom stereocenters. The van der Waals surface area contributed by atoms with Crippen molar-refractivity contribution < 1.29 is 4.74 Å². The van der Waals surface area contributed by atoms with Crippen LogP contribution in [0.5, 0.6) is 0 Å². The van der Waals surface area contributed by atoms with Crippen LogP contribution in [0.3, 0.4) is 0 Å². The second-order valence-corrected chi connectivity index (χ2v) is 14.2. The lowest BCUT2D eigenvalue weighted by atomic mass is 10.5. The predicted molar refractivity (Wildman–Crippen MR) is 70.5 cm³/mol. The zero-order valence-electron chi connectivity index (χ0n) is 9.99. The number of ether oxygens (including phenoxy) is 1. The van der Waals surface area contributed by atoms with Crippen molar-refractivity contribution in [1.82, 2.24) is 8.46 Å². The van der Waals surface area contributed by atoms with Crippen molar-refractivity contribution in [1.29, 1.82) is 0 Å². The van der Waals surface area contributed by atoms with Gasteiger partial charge in [-0.2, -0.15) is 0 Å². The molecule has 1 aliphatic rings. The van der Waals surface area contributed by atoms with Crippen LogP contribution >= 0.6 is 0 Å². The van der Waals surface area contributed by atoms with Gasteiger partial charge in [-0.25, -0.2) is 0 Å². The topological polar surface area (TPSA) is 15.7 Å². The molecule has 0 saturated carbocycles. The molecule has 0 aromatic heterocycles. The lowest BCUT2D eigenvalue weighted by molar-refractivity contribution is 0.0712. The van der Waals surface area contributed by atoms with Crippen LogP contribution in [0.1, 0.15) is 0 Å². The van der Waals surface area contributed by atoms with Crippen molar-refractivity contribution in [2.45, 2.75) is 26.2 Å². The maximum Gasteiger partial charge on any atom is 0.159 e. The summed E-state index contributed by atoms with van der Waals surface area (Å²) in [4.78, 5) is 0. The molecule has 1 heterocycles. The van der Waals surface area contributed by atoms with E-state index in [0.717, 1.165) is 13.2 Å². The zero-order valence-corrected chi connectivity index (χ0v) is 13.7. The molecule has 0 spiro atoms. The van der Waals surface area contributed by atoms with E-state index in [9.17, 15) is 0 Å². The van der Waals surface area contributed by atoms with Crippen molar-refractivity contribution in [2.24, 2.45) is 0 Å². The van der Waals surface area contributed by atoms with Crippen molar-refractivity contribution in [3.05, 3.63) is 0 Å². The van der Waals surface area contributed by atoms with E-state index < -0.39 is 17.9 Å². The Balaban J connectivity index is 2.37. The molecule has 0 radical (unpaired) electrons. The molecule has 0 amide bonds. The van der Waals surface area contributed by atoms with Crippen LogP contribution in [0.25, 0.3) is 0 Å². The van der Waals surface area contributed by atoms with E-state index in [-0.39, 0.29) is 9.84 Å². The second-order valence-electron chi connectivity index (χ2n) is 4.57. The largest absolute Gasteiger partial charge is 0.379 e. The normalized spacial score (nSPS) is 20.8. The summed E-state index contributed by atoms with van der Waals surface area (Å²) in [7, 11) is -1.19. The van der Waals surface area contributed by atoms with Crippen molar-refractivity contribution in [2.75, 3.05) is 26.3 Å². The van der Waals surface area contributed by atoms with Gasteiger partial charge in [-0.15, -0.1) is 0 Å². The van der Waals surface area contributed by atoms with E-state index in [1.54, 1.807) is 0 Å². The Bertz CT molecular complexity index is 155. The van der Waals surface area contributed by atoms with Crippen molar-refractivity contribution in [3.63, 3.8) is 0 Å². The van der Waals surface area contributed by atoms with Gasteiger partial charge in [0.05, 0.1) is 31.1 Å². The molecule has 0 bridgehead atoms. The summed E-state index contributed by atoms with van der Waals surface area (Å²) in [5.41, 5.74) is 0. The van der Waals surface area contributed by atoms with E-state index in [0.29, 0.717) is 0 Å². The van der Waals surface area contributed by atoms with Crippen LogP contribution in [-0.4, -0.2) is 62.5 Å². The second kappa shape index (κ2) is 6.19. The summed E-state index contributed by atoms with van der Waals surface area (Å²) in [6.07, 6.45) is 0. The van der Waals surface area contributed by atoms with Crippen LogP contribution in [0.2, 0.25) is 26.2 Å². The van der Waals surface area contributed by atoms with Gasteiger partial charge in [0.1, 0.15) is 0 Å². The first-order chi connectivity index (χ1) is 6.61. The SMILES string of the molecule is C[SiH](C)N([SiH2]N1CCOCC1)[SiH](C)C. The van der Waals surface area contributed by atoms with Crippen LogP contribution in [0.4, 0.5) is 0 Å². The molecule has 0 aromatic rings. The Labute approximate surface area is 93.8 Å². The zero-order chi connectivity index (χ0) is 10.6. The fourth-order valence-electron chi connectivity index (χ4n) is 1.90. The quantitative estimate of drug-likeness (QED) is 0.629. The fraction of sp³-hybridized carbons (Fsp3) is 1.00. The Hall–Kier alpha value is 0.531. The van der Waals surface area contributed by atoms with Gasteiger partial charge in [0.25, 0.3) is 0 Å². The molecule has 1 fully saturated rings. The number of morpholine rings is 1. The molecule has 0 unspecified atom stereocenters. The average molecular weight is 249 g/mol. The molecule has 84 valence electrons. The van der Waals surface area contributed by atoms with E-state index >= 15 is 0 Å². The number of nitrogens with zero attached hydrogens (tertiary/aromatic N) is 2. The number of hydrogen-bond donors (Lipinski definition) is 0. The Morgan fingerprint density at radius 3 is 2.00 bits per heavy atom. The van der Waals surface area contributed by atoms with E-state index in [4.69, 9.17) is 4.74 Å². The summed E-state index contributed by atoms with van der Waals surface area (Å²) in [6.45, 7) is 14.2. The summed E-state index contributed by atoms with van der Waals surface area (Å²) in [6, 6.07) is 0. The lowest BCUT2D eigenvalue weighted by Gasteiger charge is -2.36. The summed E-state index contributed by atoms with van der Waals surface area (Å²) in [5, 5.41) is 0. The third-order valence-corrected chi connectivity index (χ3v) is 15.7. The van der Waals surface area contributed by atoms with Crippen LogP contribution in [0, 0.1) is 0 Å². The molecule has 6 heteroatoms. The smallest absolute Gasteiger partial charge is 0.159 e. The molecular weight excluding hydrogens is 224 g/mol. The molecule has 0 aliphatic carbocycles. The van der Waals surface area contributed by atoms with Gasteiger partial charge < -0.3 is 13.2 Å². The minimum absolute atomic E-state index is 0.105. The molecule has 1 aliphatic heterocycles. The minimum Gasteiger partial charge on any atom is -0.379 e. The van der Waals surface area contributed by atoms with Crippen LogP contribution in [-0.2, 0) is 4.74 Å². The van der Waals surface area contributed by atoms with E-state index in [1.807, 2.05) is 0 Å². The van der Waals surface area contributed by atoms with E-state index in [2.05, 4.69) is 34.7 Å². The molecule has 1 saturated heterocycles. The Morgan fingerprint density at radius 2 is 1.57 bits per heavy atom. The highest BCUT2D eigenvalue weighted by molar-refractivity contribution is 6.79. The van der Waals surface area contributed by atoms with Gasteiger partial charge in [0.2, 0.25) is 0 Å². The third kappa shape index (κ3) is 3.95. The molecule has 0 aromatic carbocycles. The standard InChI is InChI=1S/C8H24N2OSi3/c1-13(2)10(14(3)4)12-9-5-7-11-8-6-9/h13-14H,5-8,12H2,1-4H3. The average Bonchev–Trinajstić information content (AvgIpc) is 2.15. The van der Waals surface area contributed by atoms with Gasteiger partial charge in [-0.3, -0.25) is 0 Å². The fourth-order valence-corrected chi connectivity index (χ4v) is 11.7. The summed E-state index contributed by atoms with van der Waals surface area (Å²) >= 11 is 0. The van der Waals surface area contributed by atoms with Crippen LogP contribution < -0.4 is 0 Å². The predicted octanol–water partition coefficient (Wildman–Crippen LogP) is -0.414. The highest BCUT2D eigenvalue weighted by Crippen LogP contribution is 2.02. The minimum atomic E-state index is -0.540. The number of rotatable bonds is 4. The first-order valence-corrected chi connectivity index (χ1v) is 12.6. The summed E-state index contributed by atoms with van der Waals surface area (Å²) < 4.78 is 11.0. The Kier molecular flexibility index (Phi) is 5.57. The molecular formula is C8H24N2OSi3. The molecule has 14 heavy (non-hydrogen) atoms. The van der Waals surface area contributed by atoms with Gasteiger partial charge in [-0.1, -0.05) is 26.2 Å². The molecule has 3 nitrogen and oxygen atoms in total. The first-order valence-electron chi connectivity index (χ1n) is 5.67. The van der Waals surface area contributed by atoms with Crippen LogP contribution in [0.15, 0.2) is 0 Å². The van der Waals surface area contributed by atoms with Gasteiger partial charge in [-0.05, 0) is 0 Å². The molecule has 1 rings (SSSR count). The lowest BCUT2D eigenvalue weighted by Crippen LogP contribution is -2.54. The highest BCUT2D eigenvalue weighted by atomic mass is 28.4. The molecule has 0 N–H and O–H groups in total. The maximum atomic E-state index is 5.39. The monoisotopic (exact) mass is 248 g/mol. The third-order valence-electron chi connectivity index (χ3n) is 2.79. The maximum absolute atomic E-state index is 5.39. The Morgan fingerprint density at radius 1 is 1.07 bits per heavy atom. The van der Waals surface area contributed by atoms with E-state index in [1.165, 1.54) is 13.1 Å². The van der Waals surface area contributed by atoms with Crippen molar-refractivity contribution in [3.8, 4) is 0 Å². The number of hydrogen-bond acceptors (Lipinski definition) is 3. The van der Waals surface area contributed by atoms with Gasteiger partial charge in [0, 0.05) is 13.1 Å². The van der Waals surface area contributed by atoms with Gasteiger partial charge >= 0.3 is 0 Å².